The summed E-state index contributed by atoms with van der Waals surface area (Å²) in [5.74, 6) is -0.926. The van der Waals surface area contributed by atoms with Crippen LogP contribution in [0.25, 0.3) is 10.8 Å². The van der Waals surface area contributed by atoms with Gasteiger partial charge < -0.3 is 4.74 Å². The van der Waals surface area contributed by atoms with Gasteiger partial charge in [-0.2, -0.15) is 5.10 Å². The van der Waals surface area contributed by atoms with E-state index in [0.29, 0.717) is 10.8 Å². The minimum absolute atomic E-state index is 0.00749. The zero-order chi connectivity index (χ0) is 15.6. The number of Topliss-reactive ketones (excluding diaryl/α,β-unsaturated/α-hetero) is 1. The second-order valence-corrected chi connectivity index (χ2v) is 5.70. The Kier molecular flexibility index (Phi) is 3.88. The van der Waals surface area contributed by atoms with Crippen LogP contribution < -0.4 is 5.56 Å². The minimum atomic E-state index is -0.736. The maximum Gasteiger partial charge on any atom is 0.359 e. The number of esters is 1. The number of H-pyrrole nitrogens is 1. The molecule has 2 rings (SSSR count). The first-order valence-electron chi connectivity index (χ1n) is 6.48. The van der Waals surface area contributed by atoms with Crippen LogP contribution in [0.15, 0.2) is 29.1 Å². The van der Waals surface area contributed by atoms with E-state index in [2.05, 4.69) is 10.2 Å². The molecule has 0 spiro atoms. The van der Waals surface area contributed by atoms with Gasteiger partial charge in [-0.3, -0.25) is 9.59 Å². The minimum Gasteiger partial charge on any atom is -0.453 e. The Morgan fingerprint density at radius 2 is 1.81 bits per heavy atom. The summed E-state index contributed by atoms with van der Waals surface area (Å²) in [4.78, 5) is 35.4. The molecule has 0 unspecified atom stereocenters. The number of aromatic nitrogens is 2. The second kappa shape index (κ2) is 5.47. The zero-order valence-corrected chi connectivity index (χ0v) is 12.1. The number of fused-ring (bicyclic) bond motifs is 1. The fraction of sp³-hybridized carbons (Fsp3) is 0.333. The smallest absolute Gasteiger partial charge is 0.359 e. The van der Waals surface area contributed by atoms with Crippen LogP contribution in [0, 0.1) is 5.41 Å². The number of carbonyl (C=O) groups excluding carboxylic acids is 2. The van der Waals surface area contributed by atoms with Gasteiger partial charge in [0.05, 0.1) is 5.39 Å². The number of hydrogen-bond donors (Lipinski definition) is 1. The summed E-state index contributed by atoms with van der Waals surface area (Å²) >= 11 is 0. The molecule has 1 aromatic carbocycles. The highest BCUT2D eigenvalue weighted by molar-refractivity contribution is 6.02. The third-order valence-electron chi connectivity index (χ3n) is 3.06. The van der Waals surface area contributed by atoms with E-state index < -0.39 is 11.4 Å². The highest BCUT2D eigenvalue weighted by Gasteiger charge is 2.24. The lowest BCUT2D eigenvalue weighted by molar-refractivity contribution is -0.129. The van der Waals surface area contributed by atoms with E-state index in [1.165, 1.54) is 0 Å². The summed E-state index contributed by atoms with van der Waals surface area (Å²) in [5.41, 5.74) is -0.972. The second-order valence-electron chi connectivity index (χ2n) is 5.70. The zero-order valence-electron chi connectivity index (χ0n) is 12.1. The summed E-state index contributed by atoms with van der Waals surface area (Å²) in [6.07, 6.45) is 0. The Bertz CT molecular complexity index is 756. The molecule has 0 atom stereocenters. The van der Waals surface area contributed by atoms with Crippen molar-refractivity contribution >= 4 is 22.5 Å². The average molecular weight is 288 g/mol. The summed E-state index contributed by atoms with van der Waals surface area (Å²) in [6, 6.07) is 6.59. The molecule has 0 saturated heterocycles. The predicted octanol–water partition coefficient (Wildman–Crippen LogP) is 1.70. The Morgan fingerprint density at radius 3 is 2.43 bits per heavy atom. The standard InChI is InChI=1S/C15H16N2O4/c1-15(2,3)11(18)8-21-14(20)12-9-6-4-5-7-10(9)13(19)17-16-12/h4-7H,8H2,1-3H3,(H,17,19). The van der Waals surface area contributed by atoms with E-state index in [-0.39, 0.29) is 23.6 Å². The van der Waals surface area contributed by atoms with Gasteiger partial charge in [-0.05, 0) is 6.07 Å². The highest BCUT2D eigenvalue weighted by atomic mass is 16.5. The van der Waals surface area contributed by atoms with E-state index in [4.69, 9.17) is 4.74 Å². The predicted molar refractivity (Wildman–Crippen MR) is 77.1 cm³/mol. The van der Waals surface area contributed by atoms with Crippen molar-refractivity contribution in [3.8, 4) is 0 Å². The number of rotatable bonds is 3. The number of ether oxygens (including phenoxy) is 1. The van der Waals surface area contributed by atoms with Crippen LogP contribution in [0.1, 0.15) is 31.3 Å². The van der Waals surface area contributed by atoms with Crippen molar-refractivity contribution in [2.45, 2.75) is 20.8 Å². The topological polar surface area (TPSA) is 89.1 Å². The quantitative estimate of drug-likeness (QED) is 0.868. The molecule has 21 heavy (non-hydrogen) atoms. The molecule has 0 aliphatic heterocycles. The van der Waals surface area contributed by atoms with Crippen LogP contribution in [0.5, 0.6) is 0 Å². The molecule has 110 valence electrons. The van der Waals surface area contributed by atoms with Crippen molar-refractivity contribution in [2.24, 2.45) is 5.41 Å². The van der Waals surface area contributed by atoms with E-state index in [1.807, 2.05) is 0 Å². The molecule has 1 aromatic heterocycles. The summed E-state index contributed by atoms with van der Waals surface area (Å²) in [7, 11) is 0. The third-order valence-corrected chi connectivity index (χ3v) is 3.06. The molecular formula is C15H16N2O4. The monoisotopic (exact) mass is 288 g/mol. The van der Waals surface area contributed by atoms with Crippen LogP contribution in [0.3, 0.4) is 0 Å². The van der Waals surface area contributed by atoms with Crippen molar-refractivity contribution in [1.29, 1.82) is 0 Å². The first-order valence-corrected chi connectivity index (χ1v) is 6.48. The van der Waals surface area contributed by atoms with Gasteiger partial charge in [-0.15, -0.1) is 0 Å². The molecule has 1 heterocycles. The molecule has 0 aliphatic carbocycles. The molecule has 2 aromatic rings. The Balaban J connectivity index is 2.27. The normalized spacial score (nSPS) is 11.4. The van der Waals surface area contributed by atoms with Crippen molar-refractivity contribution < 1.29 is 14.3 Å². The Morgan fingerprint density at radius 1 is 1.19 bits per heavy atom. The van der Waals surface area contributed by atoms with Crippen molar-refractivity contribution in [2.75, 3.05) is 6.61 Å². The third kappa shape index (κ3) is 3.16. The van der Waals surface area contributed by atoms with Crippen LogP contribution in [0.2, 0.25) is 0 Å². The van der Waals surface area contributed by atoms with Crippen LogP contribution >= 0.6 is 0 Å². The van der Waals surface area contributed by atoms with Crippen LogP contribution in [-0.2, 0) is 9.53 Å². The van der Waals surface area contributed by atoms with Gasteiger partial charge in [0, 0.05) is 10.8 Å². The molecule has 0 aliphatic rings. The SMILES string of the molecule is CC(C)(C)C(=O)COC(=O)c1n[nH]c(=O)c2ccccc12. The maximum absolute atomic E-state index is 12.0. The van der Waals surface area contributed by atoms with Crippen LogP contribution in [-0.4, -0.2) is 28.6 Å². The Hall–Kier alpha value is -2.50. The molecule has 0 radical (unpaired) electrons. The van der Waals surface area contributed by atoms with Gasteiger partial charge in [0.1, 0.15) is 0 Å². The van der Waals surface area contributed by atoms with E-state index in [0.717, 1.165) is 0 Å². The van der Waals surface area contributed by atoms with Gasteiger partial charge in [0.15, 0.2) is 18.1 Å². The highest BCUT2D eigenvalue weighted by Crippen LogP contribution is 2.16. The number of carbonyl (C=O) groups is 2. The summed E-state index contributed by atoms with van der Waals surface area (Å²) in [5, 5.41) is 6.72. The van der Waals surface area contributed by atoms with Gasteiger partial charge in [-0.1, -0.05) is 39.0 Å². The largest absolute Gasteiger partial charge is 0.453 e. The lowest BCUT2D eigenvalue weighted by Gasteiger charge is -2.16. The molecule has 0 amide bonds. The number of nitrogens with one attached hydrogen (secondary N) is 1. The molecule has 6 heteroatoms. The first-order chi connectivity index (χ1) is 9.80. The molecule has 1 N–H and O–H groups in total. The Labute approximate surface area is 121 Å². The van der Waals surface area contributed by atoms with Crippen molar-refractivity contribution in [3.05, 3.63) is 40.3 Å². The lowest BCUT2D eigenvalue weighted by Crippen LogP contribution is -2.27. The van der Waals surface area contributed by atoms with Crippen molar-refractivity contribution in [1.82, 2.24) is 10.2 Å². The van der Waals surface area contributed by atoms with E-state index >= 15 is 0 Å². The number of aromatic amines is 1. The molecule has 0 fully saturated rings. The van der Waals surface area contributed by atoms with Gasteiger partial charge in [0.25, 0.3) is 5.56 Å². The summed E-state index contributed by atoms with van der Waals surface area (Å²) < 4.78 is 4.99. The number of ketones is 1. The molecule has 0 saturated carbocycles. The summed E-state index contributed by atoms with van der Waals surface area (Å²) in [6.45, 7) is 4.92. The number of benzene rings is 1. The first kappa shape index (κ1) is 14.9. The molecule has 0 bridgehead atoms. The maximum atomic E-state index is 12.0. The fourth-order valence-electron chi connectivity index (χ4n) is 1.69. The number of hydrogen-bond acceptors (Lipinski definition) is 5. The van der Waals surface area contributed by atoms with E-state index in [9.17, 15) is 14.4 Å². The number of nitrogens with zero attached hydrogens (tertiary/aromatic N) is 1. The average Bonchev–Trinajstić information content (AvgIpc) is 2.44. The van der Waals surface area contributed by atoms with Gasteiger partial charge >= 0.3 is 5.97 Å². The molecule has 6 nitrogen and oxygen atoms in total. The van der Waals surface area contributed by atoms with Gasteiger partial charge in [-0.25, -0.2) is 9.89 Å². The van der Waals surface area contributed by atoms with Gasteiger partial charge in [0.2, 0.25) is 0 Å². The van der Waals surface area contributed by atoms with Crippen molar-refractivity contribution in [3.63, 3.8) is 0 Å². The fourth-order valence-corrected chi connectivity index (χ4v) is 1.69. The van der Waals surface area contributed by atoms with E-state index in [1.54, 1.807) is 45.0 Å². The van der Waals surface area contributed by atoms with Crippen LogP contribution in [0.4, 0.5) is 0 Å². The molecular weight excluding hydrogens is 272 g/mol. The lowest BCUT2D eigenvalue weighted by atomic mass is 9.91.